The molecule has 0 radical (unpaired) electrons. The third kappa shape index (κ3) is 5.24. The summed E-state index contributed by atoms with van der Waals surface area (Å²) in [5.74, 6) is -0.965. The topological polar surface area (TPSA) is 121 Å². The number of halogens is 1. The number of benzene rings is 1. The Labute approximate surface area is 177 Å². The van der Waals surface area contributed by atoms with Crippen molar-refractivity contribution >= 4 is 43.5 Å². The molecule has 3 rings (SSSR count). The first kappa shape index (κ1) is 21.5. The standard InChI is InChI=1S/C18H21BrN4O5S/c1-12-8-13(19)2-3-15(12)22-17(24)11-21-18(25)16-9-14(10-20-16)29(26,27)23-4-6-28-7-5-23/h2-3,8-10,20H,4-7,11H2,1H3,(H,21,25)(H,22,24). The molecule has 1 aliphatic heterocycles. The van der Waals surface area contributed by atoms with E-state index in [1.165, 1.54) is 16.6 Å². The summed E-state index contributed by atoms with van der Waals surface area (Å²) >= 11 is 3.35. The monoisotopic (exact) mass is 484 g/mol. The second-order valence-electron chi connectivity index (χ2n) is 6.46. The van der Waals surface area contributed by atoms with Crippen LogP contribution in [0.5, 0.6) is 0 Å². The largest absolute Gasteiger partial charge is 0.379 e. The number of aromatic nitrogens is 1. The fourth-order valence-electron chi connectivity index (χ4n) is 2.81. The number of sulfonamides is 1. The zero-order valence-electron chi connectivity index (χ0n) is 15.7. The van der Waals surface area contributed by atoms with Gasteiger partial charge < -0.3 is 20.4 Å². The molecule has 156 valence electrons. The van der Waals surface area contributed by atoms with Gasteiger partial charge in [-0.2, -0.15) is 4.31 Å². The predicted molar refractivity (Wildman–Crippen MR) is 110 cm³/mol. The lowest BCUT2D eigenvalue weighted by molar-refractivity contribution is -0.115. The van der Waals surface area contributed by atoms with Gasteiger partial charge in [0.1, 0.15) is 10.6 Å². The predicted octanol–water partition coefficient (Wildman–Crippen LogP) is 1.48. The van der Waals surface area contributed by atoms with Crippen molar-refractivity contribution in [2.24, 2.45) is 0 Å². The number of ether oxygens (including phenoxy) is 1. The van der Waals surface area contributed by atoms with E-state index in [1.54, 1.807) is 12.1 Å². The second-order valence-corrected chi connectivity index (χ2v) is 9.31. The number of nitrogens with one attached hydrogen (secondary N) is 3. The van der Waals surface area contributed by atoms with Gasteiger partial charge in [-0.05, 0) is 36.8 Å². The second kappa shape index (κ2) is 9.08. The Kier molecular flexibility index (Phi) is 6.73. The number of aromatic amines is 1. The summed E-state index contributed by atoms with van der Waals surface area (Å²) in [7, 11) is -3.70. The van der Waals surface area contributed by atoms with Crippen molar-refractivity contribution < 1.29 is 22.7 Å². The maximum Gasteiger partial charge on any atom is 0.268 e. The molecule has 1 aliphatic rings. The Morgan fingerprint density at radius 3 is 2.66 bits per heavy atom. The van der Waals surface area contributed by atoms with Gasteiger partial charge in [0, 0.05) is 29.4 Å². The minimum Gasteiger partial charge on any atom is -0.379 e. The molecule has 1 fully saturated rings. The summed E-state index contributed by atoms with van der Waals surface area (Å²) < 4.78 is 32.6. The van der Waals surface area contributed by atoms with Gasteiger partial charge in [0.05, 0.1) is 19.8 Å². The van der Waals surface area contributed by atoms with E-state index in [1.807, 2.05) is 13.0 Å². The smallest absolute Gasteiger partial charge is 0.268 e. The molecule has 2 heterocycles. The SMILES string of the molecule is Cc1cc(Br)ccc1NC(=O)CNC(=O)c1cc(S(=O)(=O)N2CCOCC2)c[nH]1. The lowest BCUT2D eigenvalue weighted by Crippen LogP contribution is -2.40. The van der Waals surface area contributed by atoms with Gasteiger partial charge in [-0.25, -0.2) is 8.42 Å². The molecule has 0 bridgehead atoms. The van der Waals surface area contributed by atoms with Crippen LogP contribution in [0.4, 0.5) is 5.69 Å². The minimum atomic E-state index is -3.70. The third-order valence-corrected chi connectivity index (χ3v) is 6.75. The van der Waals surface area contributed by atoms with Crippen LogP contribution in [0, 0.1) is 6.92 Å². The van der Waals surface area contributed by atoms with Crippen LogP contribution in [0.2, 0.25) is 0 Å². The number of aryl methyl sites for hydroxylation is 1. The van der Waals surface area contributed by atoms with E-state index in [9.17, 15) is 18.0 Å². The average molecular weight is 485 g/mol. The quantitative estimate of drug-likeness (QED) is 0.573. The van der Waals surface area contributed by atoms with Crippen molar-refractivity contribution in [3.8, 4) is 0 Å². The number of carbonyl (C=O) groups excluding carboxylic acids is 2. The van der Waals surface area contributed by atoms with Crippen LogP contribution in [0.25, 0.3) is 0 Å². The van der Waals surface area contributed by atoms with Gasteiger partial charge in [-0.15, -0.1) is 0 Å². The number of nitrogens with zero attached hydrogens (tertiary/aromatic N) is 1. The van der Waals surface area contributed by atoms with Crippen molar-refractivity contribution in [3.63, 3.8) is 0 Å². The normalized spacial score (nSPS) is 15.1. The third-order valence-electron chi connectivity index (χ3n) is 4.38. The van der Waals surface area contributed by atoms with E-state index in [-0.39, 0.29) is 30.2 Å². The number of carbonyl (C=O) groups is 2. The van der Waals surface area contributed by atoms with Gasteiger partial charge in [-0.3, -0.25) is 9.59 Å². The molecule has 2 amide bonds. The Morgan fingerprint density at radius 1 is 1.24 bits per heavy atom. The molecule has 2 aromatic rings. The number of anilines is 1. The van der Waals surface area contributed by atoms with Crippen LogP contribution in [0.1, 0.15) is 16.1 Å². The zero-order chi connectivity index (χ0) is 21.0. The first-order chi connectivity index (χ1) is 13.8. The number of H-pyrrole nitrogens is 1. The maximum absolute atomic E-state index is 12.6. The van der Waals surface area contributed by atoms with Crippen LogP contribution in [-0.2, 0) is 19.6 Å². The van der Waals surface area contributed by atoms with Crippen molar-refractivity contribution in [1.82, 2.24) is 14.6 Å². The van der Waals surface area contributed by atoms with Crippen LogP contribution in [0.3, 0.4) is 0 Å². The van der Waals surface area contributed by atoms with Crippen molar-refractivity contribution in [1.29, 1.82) is 0 Å². The van der Waals surface area contributed by atoms with Gasteiger partial charge in [-0.1, -0.05) is 15.9 Å². The zero-order valence-corrected chi connectivity index (χ0v) is 18.1. The minimum absolute atomic E-state index is 0.000473. The van der Waals surface area contributed by atoms with Crippen molar-refractivity contribution in [2.45, 2.75) is 11.8 Å². The van der Waals surface area contributed by atoms with Crippen molar-refractivity contribution in [3.05, 3.63) is 46.2 Å². The van der Waals surface area contributed by atoms with Crippen molar-refractivity contribution in [2.75, 3.05) is 38.2 Å². The molecule has 29 heavy (non-hydrogen) atoms. The molecule has 0 aliphatic carbocycles. The highest BCUT2D eigenvalue weighted by Crippen LogP contribution is 2.20. The Morgan fingerprint density at radius 2 is 1.97 bits per heavy atom. The summed E-state index contributed by atoms with van der Waals surface area (Å²) in [5.41, 5.74) is 1.58. The Bertz CT molecular complexity index is 1020. The number of morpholine rings is 1. The van der Waals surface area contributed by atoms with E-state index >= 15 is 0 Å². The fraction of sp³-hybridized carbons (Fsp3) is 0.333. The van der Waals surface area contributed by atoms with Crippen LogP contribution >= 0.6 is 15.9 Å². The highest BCUT2D eigenvalue weighted by Gasteiger charge is 2.28. The summed E-state index contributed by atoms with van der Waals surface area (Å²) in [5, 5.41) is 5.19. The van der Waals surface area contributed by atoms with Crippen LogP contribution in [0.15, 0.2) is 39.8 Å². The van der Waals surface area contributed by atoms with Gasteiger partial charge in [0.2, 0.25) is 15.9 Å². The summed E-state index contributed by atoms with van der Waals surface area (Å²) in [6.45, 7) is 2.82. The fourth-order valence-corrected chi connectivity index (χ4v) is 4.69. The van der Waals surface area contributed by atoms with Crippen LogP contribution in [-0.4, -0.2) is 62.4 Å². The number of rotatable bonds is 6. The van der Waals surface area contributed by atoms with Gasteiger partial charge >= 0.3 is 0 Å². The molecule has 1 saturated heterocycles. The number of hydrogen-bond acceptors (Lipinski definition) is 5. The number of hydrogen-bond donors (Lipinski definition) is 3. The Hall–Kier alpha value is -2.21. The molecule has 1 aromatic heterocycles. The molecular weight excluding hydrogens is 464 g/mol. The average Bonchev–Trinajstić information content (AvgIpc) is 3.20. The molecule has 3 N–H and O–H groups in total. The van der Waals surface area contributed by atoms with Crippen LogP contribution < -0.4 is 10.6 Å². The molecule has 0 spiro atoms. The number of amides is 2. The first-order valence-electron chi connectivity index (χ1n) is 8.88. The summed E-state index contributed by atoms with van der Waals surface area (Å²) in [6, 6.07) is 6.68. The highest BCUT2D eigenvalue weighted by molar-refractivity contribution is 9.10. The van der Waals surface area contributed by atoms with E-state index < -0.39 is 21.8 Å². The van der Waals surface area contributed by atoms with E-state index in [2.05, 4.69) is 31.5 Å². The Balaban J connectivity index is 1.58. The molecule has 0 atom stereocenters. The van der Waals surface area contributed by atoms with E-state index in [4.69, 9.17) is 4.74 Å². The summed E-state index contributed by atoms with van der Waals surface area (Å²) in [4.78, 5) is 27.0. The maximum atomic E-state index is 12.6. The molecule has 9 nitrogen and oxygen atoms in total. The lowest BCUT2D eigenvalue weighted by Gasteiger charge is -2.25. The highest BCUT2D eigenvalue weighted by atomic mass is 79.9. The molecular formula is C18H21BrN4O5S. The van der Waals surface area contributed by atoms with Gasteiger partial charge in [0.15, 0.2) is 0 Å². The molecule has 11 heteroatoms. The van der Waals surface area contributed by atoms with E-state index in [0.29, 0.717) is 18.9 Å². The molecule has 0 unspecified atom stereocenters. The lowest BCUT2D eigenvalue weighted by atomic mass is 10.2. The first-order valence-corrected chi connectivity index (χ1v) is 11.1. The summed E-state index contributed by atoms with van der Waals surface area (Å²) in [6.07, 6.45) is 1.27. The van der Waals surface area contributed by atoms with Gasteiger partial charge in [0.25, 0.3) is 5.91 Å². The van der Waals surface area contributed by atoms with E-state index in [0.717, 1.165) is 10.0 Å². The molecule has 1 aromatic carbocycles. The molecule has 0 saturated carbocycles.